The van der Waals surface area contributed by atoms with Gasteiger partial charge in [0.15, 0.2) is 0 Å². The minimum atomic E-state index is -0.568. The van der Waals surface area contributed by atoms with E-state index in [2.05, 4.69) is 11.0 Å². The predicted molar refractivity (Wildman–Crippen MR) is 100 cm³/mol. The quantitative estimate of drug-likeness (QED) is 0.800. The number of hydrogen-bond donors (Lipinski definition) is 0. The predicted octanol–water partition coefficient (Wildman–Crippen LogP) is 3.49. The molecule has 2 aromatic carbocycles. The number of piperazine rings is 1. The number of benzene rings is 2. The molecule has 3 rings (SSSR count). The Balaban J connectivity index is 1.55. The molecule has 0 N–H and O–H groups in total. The monoisotopic (exact) mass is 376 g/mol. The number of hydrogen-bond acceptors (Lipinski definition) is 3. The van der Waals surface area contributed by atoms with Crippen molar-refractivity contribution >= 4 is 17.5 Å². The van der Waals surface area contributed by atoms with Crippen molar-refractivity contribution in [2.45, 2.75) is 6.42 Å². The molecule has 0 spiro atoms. The molecular formula is C20H22ClFN2O2. The summed E-state index contributed by atoms with van der Waals surface area (Å²) < 4.78 is 19.3. The zero-order valence-electron chi connectivity index (χ0n) is 14.8. The molecule has 1 aliphatic rings. The number of ether oxygens (including phenoxy) is 1. The van der Waals surface area contributed by atoms with Crippen LogP contribution in [0, 0.1) is 5.82 Å². The van der Waals surface area contributed by atoms with E-state index in [0.29, 0.717) is 13.1 Å². The second kappa shape index (κ2) is 8.52. The van der Waals surface area contributed by atoms with Gasteiger partial charge in [-0.05, 0) is 30.2 Å². The van der Waals surface area contributed by atoms with Crippen molar-refractivity contribution in [3.8, 4) is 5.75 Å². The summed E-state index contributed by atoms with van der Waals surface area (Å²) in [7, 11) is 1.68. The molecule has 0 radical (unpaired) electrons. The summed E-state index contributed by atoms with van der Waals surface area (Å²) in [5.41, 5.74) is 1.14. The van der Waals surface area contributed by atoms with Gasteiger partial charge in [-0.1, -0.05) is 35.9 Å². The van der Waals surface area contributed by atoms with Crippen LogP contribution in [-0.4, -0.2) is 55.5 Å². The number of amides is 1. The first-order chi connectivity index (χ1) is 12.6. The Labute approximate surface area is 158 Å². The zero-order chi connectivity index (χ0) is 18.5. The lowest BCUT2D eigenvalue weighted by molar-refractivity contribution is 0.0634. The number of rotatable bonds is 5. The number of methoxy groups -OCH3 is 1. The molecule has 1 aliphatic heterocycles. The SMILES string of the molecule is COc1ccccc1CCN1CCN(C(=O)c2c(F)cccc2Cl)CC1. The van der Waals surface area contributed by atoms with Gasteiger partial charge in [0.05, 0.1) is 17.7 Å². The summed E-state index contributed by atoms with van der Waals surface area (Å²) in [6.07, 6.45) is 0.886. The fourth-order valence-corrected chi connectivity index (χ4v) is 3.47. The number of halogens is 2. The Morgan fingerprint density at radius 3 is 2.54 bits per heavy atom. The molecule has 1 fully saturated rings. The van der Waals surface area contributed by atoms with Gasteiger partial charge >= 0.3 is 0 Å². The molecule has 4 nitrogen and oxygen atoms in total. The third-order valence-corrected chi connectivity index (χ3v) is 5.04. The molecule has 6 heteroatoms. The molecule has 0 aromatic heterocycles. The smallest absolute Gasteiger partial charge is 0.258 e. The summed E-state index contributed by atoms with van der Waals surface area (Å²) >= 11 is 6.01. The van der Waals surface area contributed by atoms with Gasteiger partial charge in [-0.15, -0.1) is 0 Å². The Bertz CT molecular complexity index is 756. The summed E-state index contributed by atoms with van der Waals surface area (Å²) in [5, 5.41) is 0.161. The van der Waals surface area contributed by atoms with Crippen LogP contribution in [0.4, 0.5) is 4.39 Å². The van der Waals surface area contributed by atoms with Crippen LogP contribution >= 0.6 is 11.6 Å². The van der Waals surface area contributed by atoms with E-state index in [9.17, 15) is 9.18 Å². The van der Waals surface area contributed by atoms with Gasteiger partial charge in [-0.2, -0.15) is 0 Å². The van der Waals surface area contributed by atoms with E-state index in [0.717, 1.165) is 31.8 Å². The summed E-state index contributed by atoms with van der Waals surface area (Å²) in [6, 6.07) is 12.3. The minimum Gasteiger partial charge on any atom is -0.496 e. The van der Waals surface area contributed by atoms with Crippen molar-refractivity contribution in [3.63, 3.8) is 0 Å². The average Bonchev–Trinajstić information content (AvgIpc) is 2.66. The molecule has 1 saturated heterocycles. The van der Waals surface area contributed by atoms with Crippen molar-refractivity contribution in [1.82, 2.24) is 9.80 Å². The third-order valence-electron chi connectivity index (χ3n) is 4.73. The van der Waals surface area contributed by atoms with Gasteiger partial charge in [-0.25, -0.2) is 4.39 Å². The Kier molecular flexibility index (Phi) is 6.12. The largest absolute Gasteiger partial charge is 0.496 e. The summed E-state index contributed by atoms with van der Waals surface area (Å²) in [6.45, 7) is 3.54. The van der Waals surface area contributed by atoms with E-state index in [-0.39, 0.29) is 16.5 Å². The molecule has 1 heterocycles. The number of carbonyl (C=O) groups is 1. The van der Waals surface area contributed by atoms with Crippen molar-refractivity contribution in [2.75, 3.05) is 39.8 Å². The first-order valence-corrected chi connectivity index (χ1v) is 9.05. The molecule has 1 amide bonds. The van der Waals surface area contributed by atoms with Crippen LogP contribution in [-0.2, 0) is 6.42 Å². The van der Waals surface area contributed by atoms with Gasteiger partial charge < -0.3 is 9.64 Å². The van der Waals surface area contributed by atoms with Gasteiger partial charge in [-0.3, -0.25) is 9.69 Å². The number of carbonyl (C=O) groups excluding carboxylic acids is 1. The fourth-order valence-electron chi connectivity index (χ4n) is 3.22. The highest BCUT2D eigenvalue weighted by molar-refractivity contribution is 6.33. The van der Waals surface area contributed by atoms with Crippen LogP contribution in [0.5, 0.6) is 5.75 Å². The molecule has 26 heavy (non-hydrogen) atoms. The molecule has 138 valence electrons. The third kappa shape index (κ3) is 4.17. The molecule has 0 aliphatic carbocycles. The second-order valence-electron chi connectivity index (χ2n) is 6.29. The topological polar surface area (TPSA) is 32.8 Å². The lowest BCUT2D eigenvalue weighted by Crippen LogP contribution is -2.49. The summed E-state index contributed by atoms with van der Waals surface area (Å²) in [5.74, 6) is -0.00547. The van der Waals surface area contributed by atoms with E-state index >= 15 is 0 Å². The van der Waals surface area contributed by atoms with Crippen molar-refractivity contribution in [2.24, 2.45) is 0 Å². The van der Waals surface area contributed by atoms with Gasteiger partial charge in [0.2, 0.25) is 0 Å². The zero-order valence-corrected chi connectivity index (χ0v) is 15.5. The van der Waals surface area contributed by atoms with E-state index in [1.54, 1.807) is 18.1 Å². The van der Waals surface area contributed by atoms with Gasteiger partial charge in [0, 0.05) is 32.7 Å². The highest BCUT2D eigenvalue weighted by Gasteiger charge is 2.25. The first-order valence-electron chi connectivity index (χ1n) is 8.67. The Morgan fingerprint density at radius 2 is 1.85 bits per heavy atom. The first kappa shape index (κ1) is 18.7. The maximum absolute atomic E-state index is 14.0. The highest BCUT2D eigenvalue weighted by Crippen LogP contribution is 2.22. The van der Waals surface area contributed by atoms with Gasteiger partial charge in [0.1, 0.15) is 11.6 Å². The van der Waals surface area contributed by atoms with Crippen molar-refractivity contribution in [1.29, 1.82) is 0 Å². The van der Waals surface area contributed by atoms with E-state index in [1.807, 2.05) is 18.2 Å². The molecule has 2 aromatic rings. The van der Waals surface area contributed by atoms with Crippen LogP contribution in [0.3, 0.4) is 0 Å². The molecule has 0 bridgehead atoms. The minimum absolute atomic E-state index is 0.0309. The van der Waals surface area contributed by atoms with Crippen LogP contribution < -0.4 is 4.74 Å². The second-order valence-corrected chi connectivity index (χ2v) is 6.70. The molecule has 0 atom stereocenters. The van der Waals surface area contributed by atoms with Crippen molar-refractivity contribution in [3.05, 3.63) is 64.4 Å². The maximum Gasteiger partial charge on any atom is 0.258 e. The van der Waals surface area contributed by atoms with Crippen LogP contribution in [0.1, 0.15) is 15.9 Å². The highest BCUT2D eigenvalue weighted by atomic mass is 35.5. The summed E-state index contributed by atoms with van der Waals surface area (Å²) in [4.78, 5) is 16.6. The fraction of sp³-hybridized carbons (Fsp3) is 0.350. The number of nitrogens with zero attached hydrogens (tertiary/aromatic N) is 2. The van der Waals surface area contributed by atoms with E-state index in [1.165, 1.54) is 17.7 Å². The van der Waals surface area contributed by atoms with Crippen LogP contribution in [0.25, 0.3) is 0 Å². The average molecular weight is 377 g/mol. The Hall–Kier alpha value is -2.11. The molecule has 0 saturated carbocycles. The molecule has 0 unspecified atom stereocenters. The van der Waals surface area contributed by atoms with E-state index in [4.69, 9.17) is 16.3 Å². The van der Waals surface area contributed by atoms with Crippen molar-refractivity contribution < 1.29 is 13.9 Å². The normalized spacial score (nSPS) is 15.1. The molecular weight excluding hydrogens is 355 g/mol. The maximum atomic E-state index is 14.0. The van der Waals surface area contributed by atoms with Gasteiger partial charge in [0.25, 0.3) is 5.91 Å². The standard InChI is InChI=1S/C20H22ClFN2O2/c1-26-18-8-3-2-5-15(18)9-10-23-11-13-24(14-12-23)20(25)19-16(21)6-4-7-17(19)22/h2-8H,9-14H2,1H3. The van der Waals surface area contributed by atoms with Crippen LogP contribution in [0.15, 0.2) is 42.5 Å². The number of para-hydroxylation sites is 1. The van der Waals surface area contributed by atoms with Crippen LogP contribution in [0.2, 0.25) is 5.02 Å². The lowest BCUT2D eigenvalue weighted by Gasteiger charge is -2.35. The Morgan fingerprint density at radius 1 is 1.12 bits per heavy atom. The van der Waals surface area contributed by atoms with E-state index < -0.39 is 5.82 Å². The lowest BCUT2D eigenvalue weighted by atomic mass is 10.1.